The molecule has 1 saturated carbocycles. The second-order valence-electron chi connectivity index (χ2n) is 11.3. The van der Waals surface area contributed by atoms with Gasteiger partial charge in [-0.2, -0.15) is 0 Å². The van der Waals surface area contributed by atoms with Crippen LogP contribution in [-0.2, 0) is 11.8 Å². The molecule has 2 aromatic rings. The zero-order chi connectivity index (χ0) is 26.2. The number of fused-ring (bicyclic) bond motifs is 1. The molecule has 2 heterocycles. The number of rotatable bonds is 6. The Labute approximate surface area is 221 Å². The molecule has 2 fully saturated rings. The molecule has 1 aliphatic carbocycles. The van der Waals surface area contributed by atoms with E-state index in [9.17, 15) is 4.79 Å². The van der Waals surface area contributed by atoms with Gasteiger partial charge in [-0.3, -0.25) is 9.79 Å². The molecule has 196 valence electrons. The van der Waals surface area contributed by atoms with Gasteiger partial charge in [0.2, 0.25) is 0 Å². The van der Waals surface area contributed by atoms with Crippen LogP contribution in [0, 0.1) is 5.92 Å². The minimum absolute atomic E-state index is 0.141. The minimum Gasteiger partial charge on any atom is -0.482 e. The Hall–Kier alpha value is -3.08. The number of amides is 1. The zero-order valence-corrected chi connectivity index (χ0v) is 22.8. The van der Waals surface area contributed by atoms with E-state index < -0.39 is 5.60 Å². The van der Waals surface area contributed by atoms with Crippen molar-refractivity contribution >= 4 is 11.6 Å². The Morgan fingerprint density at radius 1 is 1.14 bits per heavy atom. The first-order valence-corrected chi connectivity index (χ1v) is 14.0. The van der Waals surface area contributed by atoms with E-state index in [-0.39, 0.29) is 11.3 Å². The molecule has 0 aromatic heterocycles. The third kappa shape index (κ3) is 4.36. The fourth-order valence-corrected chi connectivity index (χ4v) is 6.48. The number of carbonyl (C=O) groups is 1. The lowest BCUT2D eigenvalue weighted by molar-refractivity contribution is 0.0284. The number of benzene rings is 2. The van der Waals surface area contributed by atoms with E-state index in [4.69, 9.17) is 10.5 Å². The Morgan fingerprint density at radius 2 is 1.86 bits per heavy atom. The first kappa shape index (κ1) is 25.6. The van der Waals surface area contributed by atoms with Crippen LogP contribution in [0.25, 0.3) is 0 Å². The summed E-state index contributed by atoms with van der Waals surface area (Å²) in [4.78, 5) is 20.6. The minimum atomic E-state index is -0.558. The zero-order valence-electron chi connectivity index (χ0n) is 22.8. The molecule has 5 rings (SSSR count). The molecule has 2 aliphatic heterocycles. The average molecular weight is 500 g/mol. The van der Waals surface area contributed by atoms with Crippen molar-refractivity contribution in [1.82, 2.24) is 4.90 Å². The molecule has 0 radical (unpaired) electrons. The van der Waals surface area contributed by atoms with Crippen LogP contribution >= 0.6 is 0 Å². The second kappa shape index (κ2) is 10.00. The molecule has 3 aliphatic rings. The van der Waals surface area contributed by atoms with Gasteiger partial charge in [0.05, 0.1) is 5.71 Å². The monoisotopic (exact) mass is 499 g/mol. The molecule has 5 nitrogen and oxygen atoms in total. The summed E-state index contributed by atoms with van der Waals surface area (Å²) in [7, 11) is 1.81. The highest BCUT2D eigenvalue weighted by Crippen LogP contribution is 2.55. The highest BCUT2D eigenvalue weighted by atomic mass is 16.5. The smallest absolute Gasteiger partial charge is 0.254 e. The van der Waals surface area contributed by atoms with Crippen LogP contribution in [0.1, 0.15) is 86.3 Å². The molecule has 1 saturated heterocycles. The Bertz CT molecular complexity index is 1230. The maximum atomic E-state index is 14.0. The Kier molecular flexibility index (Phi) is 6.91. The van der Waals surface area contributed by atoms with Crippen molar-refractivity contribution < 1.29 is 9.53 Å². The molecule has 1 spiro atoms. The van der Waals surface area contributed by atoms with Crippen LogP contribution in [0.4, 0.5) is 0 Å². The number of carbonyl (C=O) groups excluding carboxylic acids is 1. The molecule has 0 unspecified atom stereocenters. The molecule has 0 atom stereocenters. The molecule has 5 heteroatoms. The van der Waals surface area contributed by atoms with Crippen LogP contribution in [0.5, 0.6) is 5.75 Å². The fourth-order valence-electron chi connectivity index (χ4n) is 6.48. The number of nitrogens with zero attached hydrogens (tertiary/aromatic N) is 2. The standard InChI is InChI=1S/C32H41N3O2/c1-5-6-9-23-12-13-24(26(20-23)31(14-15-31)22(2)3)30(36)35-18-16-32(17-19-35)27(21-33)29(34-4)25-10-7-8-11-28(25)37-32/h7-8,10-13,20-22H,5-6,9,14-19,33H2,1-4H3. The lowest BCUT2D eigenvalue weighted by Gasteiger charge is -2.46. The lowest BCUT2D eigenvalue weighted by atomic mass is 9.77. The molecule has 37 heavy (non-hydrogen) atoms. The predicted molar refractivity (Wildman–Crippen MR) is 150 cm³/mol. The molecule has 2 aromatic carbocycles. The largest absolute Gasteiger partial charge is 0.482 e. The van der Waals surface area contributed by atoms with E-state index in [1.807, 2.05) is 29.2 Å². The maximum Gasteiger partial charge on any atom is 0.254 e. The summed E-state index contributed by atoms with van der Waals surface area (Å²) in [6.45, 7) is 8.09. The van der Waals surface area contributed by atoms with Gasteiger partial charge in [-0.05, 0) is 66.3 Å². The quantitative estimate of drug-likeness (QED) is 0.526. The average Bonchev–Trinajstić information content (AvgIpc) is 3.73. The predicted octanol–water partition coefficient (Wildman–Crippen LogP) is 6.05. The van der Waals surface area contributed by atoms with E-state index in [0.717, 1.165) is 34.6 Å². The van der Waals surface area contributed by atoms with Crippen LogP contribution in [-0.4, -0.2) is 42.3 Å². The molecular weight excluding hydrogens is 458 g/mol. The second-order valence-corrected chi connectivity index (χ2v) is 11.3. The SMILES string of the molecule is CCCCc1ccc(C(=O)N2CCC3(CC2)Oc2ccccc2C(=NC)C3=CN)c(C2(C(C)C)CC2)c1. The van der Waals surface area contributed by atoms with Crippen molar-refractivity contribution in [3.8, 4) is 5.75 Å². The number of ether oxygens (including phenoxy) is 1. The van der Waals surface area contributed by atoms with Crippen LogP contribution in [0.3, 0.4) is 0 Å². The topological polar surface area (TPSA) is 67.9 Å². The molecule has 0 bridgehead atoms. The summed E-state index contributed by atoms with van der Waals surface area (Å²) < 4.78 is 6.64. The van der Waals surface area contributed by atoms with Crippen LogP contribution in [0.15, 0.2) is 59.2 Å². The van der Waals surface area contributed by atoms with Gasteiger partial charge in [0, 0.05) is 55.9 Å². The lowest BCUT2D eigenvalue weighted by Crippen LogP contribution is -2.54. The summed E-state index contributed by atoms with van der Waals surface area (Å²) in [6.07, 6.45) is 8.80. The van der Waals surface area contributed by atoms with Gasteiger partial charge in [0.15, 0.2) is 0 Å². The van der Waals surface area contributed by atoms with Crippen LogP contribution < -0.4 is 10.5 Å². The van der Waals surface area contributed by atoms with Crippen molar-refractivity contribution in [1.29, 1.82) is 0 Å². The van der Waals surface area contributed by atoms with E-state index in [1.54, 1.807) is 13.2 Å². The van der Waals surface area contributed by atoms with Crippen molar-refractivity contribution in [3.63, 3.8) is 0 Å². The number of unbranched alkanes of at least 4 members (excludes halogenated alkanes) is 1. The van der Waals surface area contributed by atoms with E-state index in [2.05, 4.69) is 44.0 Å². The Morgan fingerprint density at radius 3 is 2.49 bits per heavy atom. The summed E-state index contributed by atoms with van der Waals surface area (Å²) >= 11 is 0. The van der Waals surface area contributed by atoms with Crippen LogP contribution in [0.2, 0.25) is 0 Å². The maximum absolute atomic E-state index is 14.0. The van der Waals surface area contributed by atoms with Gasteiger partial charge >= 0.3 is 0 Å². The number of hydrogen-bond donors (Lipinski definition) is 1. The summed E-state index contributed by atoms with van der Waals surface area (Å²) in [5.74, 6) is 1.51. The normalized spacial score (nSPS) is 21.8. The number of likely N-dealkylation sites (tertiary alicyclic amines) is 1. The number of hydrogen-bond acceptors (Lipinski definition) is 4. The van der Waals surface area contributed by atoms with E-state index in [0.29, 0.717) is 31.8 Å². The van der Waals surface area contributed by atoms with Crippen molar-refractivity contribution in [2.24, 2.45) is 16.6 Å². The van der Waals surface area contributed by atoms with Crippen molar-refractivity contribution in [3.05, 3.63) is 76.5 Å². The highest BCUT2D eigenvalue weighted by Gasteiger charge is 2.50. The first-order chi connectivity index (χ1) is 17.9. The first-order valence-electron chi connectivity index (χ1n) is 14.0. The third-order valence-corrected chi connectivity index (χ3v) is 9.01. The fraction of sp³-hybridized carbons (Fsp3) is 0.500. The number of nitrogens with two attached hydrogens (primary N) is 1. The van der Waals surface area contributed by atoms with Crippen molar-refractivity contribution in [2.75, 3.05) is 20.1 Å². The molecular formula is C32H41N3O2. The number of piperidine rings is 1. The van der Waals surface area contributed by atoms with E-state index >= 15 is 0 Å². The number of aliphatic imine (C=N–C) groups is 1. The summed E-state index contributed by atoms with van der Waals surface area (Å²) in [5.41, 5.74) is 12.1. The number of aryl methyl sites for hydroxylation is 1. The van der Waals surface area contributed by atoms with Gasteiger partial charge in [-0.25, -0.2) is 0 Å². The molecule has 2 N–H and O–H groups in total. The van der Waals surface area contributed by atoms with Gasteiger partial charge in [-0.15, -0.1) is 0 Å². The number of para-hydroxylation sites is 1. The van der Waals surface area contributed by atoms with Gasteiger partial charge in [0.25, 0.3) is 5.91 Å². The third-order valence-electron chi connectivity index (χ3n) is 9.01. The van der Waals surface area contributed by atoms with Gasteiger partial charge in [-0.1, -0.05) is 51.5 Å². The van der Waals surface area contributed by atoms with E-state index in [1.165, 1.54) is 36.8 Å². The van der Waals surface area contributed by atoms with Crippen molar-refractivity contribution in [2.45, 2.75) is 76.7 Å². The summed E-state index contributed by atoms with van der Waals surface area (Å²) in [6, 6.07) is 14.6. The summed E-state index contributed by atoms with van der Waals surface area (Å²) in [5, 5.41) is 0. The highest BCUT2D eigenvalue weighted by molar-refractivity contribution is 6.16. The van der Waals surface area contributed by atoms with Gasteiger partial charge < -0.3 is 15.4 Å². The Balaban J connectivity index is 1.41. The molecule has 1 amide bonds. The van der Waals surface area contributed by atoms with Gasteiger partial charge in [0.1, 0.15) is 11.4 Å².